The molecule has 0 unspecified atom stereocenters. The van der Waals surface area contributed by atoms with Crippen molar-refractivity contribution in [1.82, 2.24) is 15.5 Å². The van der Waals surface area contributed by atoms with Gasteiger partial charge in [0.15, 0.2) is 0 Å². The molecule has 0 saturated carbocycles. The first-order valence-corrected chi connectivity index (χ1v) is 8.50. The molecule has 1 aromatic heterocycles. The first-order valence-electron chi connectivity index (χ1n) is 7.69. The van der Waals surface area contributed by atoms with Crippen LogP contribution in [0.5, 0.6) is 0 Å². The molecule has 1 aromatic rings. The smallest absolute Gasteiger partial charge is 0.475 e. The lowest BCUT2D eigenvalue weighted by Crippen LogP contribution is -2.50. The van der Waals surface area contributed by atoms with Crippen molar-refractivity contribution < 1.29 is 32.7 Å². The van der Waals surface area contributed by atoms with E-state index in [4.69, 9.17) is 9.90 Å². The third-order valence-electron chi connectivity index (χ3n) is 3.22. The van der Waals surface area contributed by atoms with Crippen LogP contribution in [0.4, 0.5) is 13.2 Å². The van der Waals surface area contributed by atoms with Crippen molar-refractivity contribution in [3.8, 4) is 0 Å². The normalized spacial score (nSPS) is 14.8. The van der Waals surface area contributed by atoms with Crippen molar-refractivity contribution in [3.63, 3.8) is 0 Å². The summed E-state index contributed by atoms with van der Waals surface area (Å²) in [5.41, 5.74) is 0. The highest BCUT2D eigenvalue weighted by Crippen LogP contribution is 2.15. The van der Waals surface area contributed by atoms with Gasteiger partial charge in [0, 0.05) is 29.4 Å². The van der Waals surface area contributed by atoms with Crippen LogP contribution in [0.1, 0.15) is 9.75 Å². The molecular formula is C15H20F3N3O4S. The van der Waals surface area contributed by atoms with Crippen molar-refractivity contribution in [2.24, 2.45) is 0 Å². The van der Waals surface area contributed by atoms with Crippen LogP contribution in [0.15, 0.2) is 12.1 Å². The molecule has 1 aliphatic rings. The molecule has 1 saturated heterocycles. The van der Waals surface area contributed by atoms with Crippen LogP contribution in [0, 0.1) is 6.92 Å². The van der Waals surface area contributed by atoms with Gasteiger partial charge in [-0.1, -0.05) is 0 Å². The average molecular weight is 395 g/mol. The number of halogens is 3. The monoisotopic (exact) mass is 395 g/mol. The summed E-state index contributed by atoms with van der Waals surface area (Å²) >= 11 is 1.76. The van der Waals surface area contributed by atoms with E-state index in [1.807, 2.05) is 4.90 Å². The van der Waals surface area contributed by atoms with E-state index in [1.165, 1.54) is 9.75 Å². The zero-order chi connectivity index (χ0) is 19.7. The maximum atomic E-state index is 11.7. The zero-order valence-corrected chi connectivity index (χ0v) is 14.9. The van der Waals surface area contributed by atoms with Gasteiger partial charge in [0.25, 0.3) is 0 Å². The quantitative estimate of drug-likeness (QED) is 0.685. The minimum Gasteiger partial charge on any atom is -0.475 e. The van der Waals surface area contributed by atoms with E-state index in [0.29, 0.717) is 26.2 Å². The molecule has 0 radical (unpaired) electrons. The summed E-state index contributed by atoms with van der Waals surface area (Å²) in [6.45, 7) is 4.71. The van der Waals surface area contributed by atoms with E-state index in [-0.39, 0.29) is 11.8 Å². The predicted molar refractivity (Wildman–Crippen MR) is 88.9 cm³/mol. The fourth-order valence-corrected chi connectivity index (χ4v) is 2.92. The Hall–Kier alpha value is -2.14. The molecule has 146 valence electrons. The molecule has 2 heterocycles. The Morgan fingerprint density at radius 2 is 2.04 bits per heavy atom. The number of rotatable bonds is 5. The molecule has 0 aliphatic carbocycles. The van der Waals surface area contributed by atoms with Crippen molar-refractivity contribution in [1.29, 1.82) is 0 Å². The van der Waals surface area contributed by atoms with Crippen LogP contribution >= 0.6 is 11.3 Å². The molecule has 2 rings (SSSR count). The first kappa shape index (κ1) is 21.9. The van der Waals surface area contributed by atoms with Crippen molar-refractivity contribution in [2.45, 2.75) is 19.5 Å². The van der Waals surface area contributed by atoms with Gasteiger partial charge in [0.2, 0.25) is 11.8 Å². The summed E-state index contributed by atoms with van der Waals surface area (Å²) in [6, 6.07) is 4.19. The Labute approximate surface area is 152 Å². The molecule has 26 heavy (non-hydrogen) atoms. The van der Waals surface area contributed by atoms with Crippen LogP contribution in [-0.2, 0) is 20.8 Å². The molecule has 2 amide bonds. The number of aryl methyl sites for hydroxylation is 1. The zero-order valence-electron chi connectivity index (χ0n) is 14.1. The molecule has 0 spiro atoms. The number of hydrogen-bond donors (Lipinski definition) is 3. The lowest BCUT2D eigenvalue weighted by Gasteiger charge is -2.25. The van der Waals surface area contributed by atoms with Gasteiger partial charge < -0.3 is 15.7 Å². The highest BCUT2D eigenvalue weighted by atomic mass is 32.1. The highest BCUT2D eigenvalue weighted by molar-refractivity contribution is 7.11. The molecular weight excluding hydrogens is 375 g/mol. The van der Waals surface area contributed by atoms with E-state index in [9.17, 15) is 22.8 Å². The van der Waals surface area contributed by atoms with Crippen molar-refractivity contribution in [2.75, 3.05) is 32.7 Å². The Morgan fingerprint density at radius 1 is 1.38 bits per heavy atom. The van der Waals surface area contributed by atoms with Gasteiger partial charge in [0.1, 0.15) is 0 Å². The number of carboxylic acids is 1. The SMILES string of the molecule is Cc1ccc(CCNC(=O)CN2CCNC(=O)C2)s1.O=C(O)C(F)(F)F. The maximum absolute atomic E-state index is 11.7. The van der Waals surface area contributed by atoms with Gasteiger partial charge >= 0.3 is 12.1 Å². The van der Waals surface area contributed by atoms with Gasteiger partial charge in [-0.3, -0.25) is 14.5 Å². The summed E-state index contributed by atoms with van der Waals surface area (Å²) in [4.78, 5) is 36.2. The lowest BCUT2D eigenvalue weighted by molar-refractivity contribution is -0.192. The highest BCUT2D eigenvalue weighted by Gasteiger charge is 2.38. The van der Waals surface area contributed by atoms with Crippen LogP contribution in [0.3, 0.4) is 0 Å². The molecule has 3 N–H and O–H groups in total. The summed E-state index contributed by atoms with van der Waals surface area (Å²) in [7, 11) is 0. The van der Waals surface area contributed by atoms with Crippen LogP contribution in [-0.4, -0.2) is 66.7 Å². The van der Waals surface area contributed by atoms with Crippen LogP contribution < -0.4 is 10.6 Å². The second-order valence-electron chi connectivity index (χ2n) is 5.48. The van der Waals surface area contributed by atoms with Gasteiger partial charge in [-0.05, 0) is 25.5 Å². The number of nitrogens with one attached hydrogen (secondary N) is 2. The van der Waals surface area contributed by atoms with E-state index < -0.39 is 12.1 Å². The lowest BCUT2D eigenvalue weighted by atomic mass is 10.3. The van der Waals surface area contributed by atoms with Crippen LogP contribution in [0.25, 0.3) is 0 Å². The molecule has 11 heteroatoms. The number of carbonyl (C=O) groups is 3. The largest absolute Gasteiger partial charge is 0.490 e. The van der Waals surface area contributed by atoms with Gasteiger partial charge in [0.05, 0.1) is 13.1 Å². The number of thiophene rings is 1. The molecule has 1 aliphatic heterocycles. The topological polar surface area (TPSA) is 98.7 Å². The first-order chi connectivity index (χ1) is 12.1. The maximum Gasteiger partial charge on any atom is 0.490 e. The fraction of sp³-hybridized carbons (Fsp3) is 0.533. The Bertz CT molecular complexity index is 634. The van der Waals surface area contributed by atoms with Crippen molar-refractivity contribution in [3.05, 3.63) is 21.9 Å². The summed E-state index contributed by atoms with van der Waals surface area (Å²) in [6.07, 6.45) is -4.22. The standard InChI is InChI=1S/C13H19N3O2S.C2HF3O2/c1-10-2-3-11(19-10)4-5-14-12(17)8-16-7-6-15-13(18)9-16;3-2(4,5)1(6)7/h2-3H,4-9H2,1H3,(H,14,17)(H,15,18);(H,6,7). The van der Waals surface area contributed by atoms with Gasteiger partial charge in [-0.25, -0.2) is 4.79 Å². The minimum absolute atomic E-state index is 0.00638. The van der Waals surface area contributed by atoms with E-state index in [2.05, 4.69) is 29.7 Å². The van der Waals surface area contributed by atoms with E-state index in [0.717, 1.165) is 13.0 Å². The number of nitrogens with zero attached hydrogens (tertiary/aromatic N) is 1. The number of carboxylic acid groups (broad SMARTS) is 1. The summed E-state index contributed by atoms with van der Waals surface area (Å²) < 4.78 is 31.7. The second-order valence-corrected chi connectivity index (χ2v) is 6.85. The second kappa shape index (κ2) is 10.1. The number of amides is 2. The van der Waals surface area contributed by atoms with Gasteiger partial charge in [-0.2, -0.15) is 13.2 Å². The number of hydrogen-bond acceptors (Lipinski definition) is 5. The molecule has 7 nitrogen and oxygen atoms in total. The summed E-state index contributed by atoms with van der Waals surface area (Å²) in [5.74, 6) is -2.77. The third-order valence-corrected chi connectivity index (χ3v) is 4.28. The fourth-order valence-electron chi connectivity index (χ4n) is 2.03. The predicted octanol–water partition coefficient (Wildman–Crippen LogP) is 0.780. The number of aliphatic carboxylic acids is 1. The summed E-state index contributed by atoms with van der Waals surface area (Å²) in [5, 5.41) is 12.8. The van der Waals surface area contributed by atoms with E-state index in [1.54, 1.807) is 11.3 Å². The Morgan fingerprint density at radius 3 is 2.54 bits per heavy atom. The van der Waals surface area contributed by atoms with Crippen LogP contribution in [0.2, 0.25) is 0 Å². The molecule has 1 fully saturated rings. The Kier molecular flexibility index (Phi) is 8.52. The molecule has 0 atom stereocenters. The molecule has 0 aromatic carbocycles. The number of alkyl halides is 3. The number of carbonyl (C=O) groups excluding carboxylic acids is 2. The van der Waals surface area contributed by atoms with Crippen molar-refractivity contribution >= 4 is 29.1 Å². The average Bonchev–Trinajstić information content (AvgIpc) is 2.92. The minimum atomic E-state index is -5.08. The number of piperazine rings is 1. The molecule has 0 bridgehead atoms. The van der Waals surface area contributed by atoms with Gasteiger partial charge in [-0.15, -0.1) is 11.3 Å². The van der Waals surface area contributed by atoms with E-state index >= 15 is 0 Å². The Balaban J connectivity index is 0.000000412. The third kappa shape index (κ3) is 8.81.